The number of nitrogens with two attached hydrogens (primary N) is 1. The van der Waals surface area contributed by atoms with Gasteiger partial charge in [0.15, 0.2) is 0 Å². The molecule has 1 aromatic carbocycles. The van der Waals surface area contributed by atoms with Gasteiger partial charge in [-0.1, -0.05) is 18.2 Å². The van der Waals surface area contributed by atoms with Crippen molar-refractivity contribution in [2.45, 2.75) is 0 Å². The van der Waals surface area contributed by atoms with Gasteiger partial charge in [-0.2, -0.15) is 0 Å². The molecular formula is C12H12N4O2. The number of anilines is 1. The number of para-hydroxylation sites is 1. The minimum Gasteiger partial charge on any atom is -0.352 e. The maximum Gasteiger partial charge on any atom is 0.312 e. The van der Waals surface area contributed by atoms with Crippen molar-refractivity contribution in [3.8, 4) is 0 Å². The van der Waals surface area contributed by atoms with Gasteiger partial charge in [0.1, 0.15) is 0 Å². The van der Waals surface area contributed by atoms with E-state index in [0.29, 0.717) is 11.2 Å². The minimum atomic E-state index is -0.735. The predicted octanol–water partition coefficient (Wildman–Crippen LogP) is 0.842. The molecule has 0 aliphatic heterocycles. The maximum atomic E-state index is 11.6. The fourth-order valence-corrected chi connectivity index (χ4v) is 1.57. The first-order chi connectivity index (χ1) is 8.66. The van der Waals surface area contributed by atoms with Crippen LogP contribution < -0.4 is 16.4 Å². The van der Waals surface area contributed by atoms with Gasteiger partial charge in [0, 0.05) is 11.6 Å². The van der Waals surface area contributed by atoms with E-state index in [1.54, 1.807) is 12.3 Å². The third-order valence-corrected chi connectivity index (χ3v) is 2.33. The molecule has 1 aromatic heterocycles. The molecule has 0 aliphatic carbocycles. The van der Waals surface area contributed by atoms with Gasteiger partial charge in [-0.25, -0.2) is 4.79 Å². The van der Waals surface area contributed by atoms with Crippen molar-refractivity contribution in [3.05, 3.63) is 36.5 Å². The minimum absolute atomic E-state index is 0.168. The van der Waals surface area contributed by atoms with Gasteiger partial charge in [0.05, 0.1) is 17.7 Å². The second-order valence-corrected chi connectivity index (χ2v) is 3.65. The number of carbonyl (C=O) groups excluding carboxylic acids is 2. The van der Waals surface area contributed by atoms with E-state index in [2.05, 4.69) is 15.6 Å². The van der Waals surface area contributed by atoms with E-state index < -0.39 is 6.03 Å². The Kier molecular flexibility index (Phi) is 3.38. The average Bonchev–Trinajstić information content (AvgIpc) is 2.37. The van der Waals surface area contributed by atoms with E-state index in [9.17, 15) is 9.59 Å². The zero-order chi connectivity index (χ0) is 13.0. The Hall–Kier alpha value is -2.63. The number of rotatable bonds is 3. The van der Waals surface area contributed by atoms with Crippen molar-refractivity contribution in [2.75, 3.05) is 11.9 Å². The number of fused-ring (bicyclic) bond motifs is 1. The average molecular weight is 244 g/mol. The van der Waals surface area contributed by atoms with Gasteiger partial charge in [0.25, 0.3) is 0 Å². The summed E-state index contributed by atoms with van der Waals surface area (Å²) in [6.45, 7) is -0.168. The summed E-state index contributed by atoms with van der Waals surface area (Å²) in [5, 5.41) is 5.82. The van der Waals surface area contributed by atoms with Crippen molar-refractivity contribution in [1.29, 1.82) is 0 Å². The molecule has 0 spiro atoms. The summed E-state index contributed by atoms with van der Waals surface area (Å²) in [6.07, 6.45) is 1.65. The molecule has 3 amide bonds. The summed E-state index contributed by atoms with van der Waals surface area (Å²) in [5.74, 6) is -0.355. The molecule has 0 unspecified atom stereocenters. The highest BCUT2D eigenvalue weighted by Crippen LogP contribution is 2.20. The van der Waals surface area contributed by atoms with Gasteiger partial charge in [-0.05, 0) is 12.1 Å². The SMILES string of the molecule is NC(=O)NCC(=O)Nc1cccc2cccnc12. The van der Waals surface area contributed by atoms with Gasteiger partial charge in [0.2, 0.25) is 5.91 Å². The molecule has 0 fully saturated rings. The number of nitrogens with zero attached hydrogens (tertiary/aromatic N) is 1. The van der Waals surface area contributed by atoms with E-state index in [-0.39, 0.29) is 12.5 Å². The third kappa shape index (κ3) is 2.73. The van der Waals surface area contributed by atoms with Crippen LogP contribution in [0, 0.1) is 0 Å². The Bertz CT molecular complexity index is 592. The molecule has 0 atom stereocenters. The Labute approximate surface area is 103 Å². The standard InChI is InChI=1S/C12H12N4O2/c13-12(18)15-7-10(17)16-9-5-1-3-8-4-2-6-14-11(8)9/h1-6H,7H2,(H,16,17)(H3,13,15,18). The molecular weight excluding hydrogens is 232 g/mol. The van der Waals surface area contributed by atoms with Crippen LogP contribution >= 0.6 is 0 Å². The van der Waals surface area contributed by atoms with Gasteiger partial charge < -0.3 is 16.4 Å². The first-order valence-corrected chi connectivity index (χ1v) is 5.34. The third-order valence-electron chi connectivity index (χ3n) is 2.33. The second-order valence-electron chi connectivity index (χ2n) is 3.65. The number of carbonyl (C=O) groups is 2. The topological polar surface area (TPSA) is 97.1 Å². The van der Waals surface area contributed by atoms with Crippen LogP contribution in [0.15, 0.2) is 36.5 Å². The Morgan fingerprint density at radius 2 is 2.00 bits per heavy atom. The van der Waals surface area contributed by atoms with Crippen molar-refractivity contribution in [2.24, 2.45) is 5.73 Å². The number of urea groups is 1. The fraction of sp³-hybridized carbons (Fsp3) is 0.0833. The Morgan fingerprint density at radius 3 is 2.78 bits per heavy atom. The quantitative estimate of drug-likeness (QED) is 0.746. The number of amides is 3. The lowest BCUT2D eigenvalue weighted by Crippen LogP contribution is -2.36. The lowest BCUT2D eigenvalue weighted by atomic mass is 10.2. The molecule has 6 nitrogen and oxygen atoms in total. The fourth-order valence-electron chi connectivity index (χ4n) is 1.57. The highest BCUT2D eigenvalue weighted by Gasteiger charge is 2.06. The molecule has 0 bridgehead atoms. The predicted molar refractivity (Wildman–Crippen MR) is 68.0 cm³/mol. The molecule has 6 heteroatoms. The van der Waals surface area contributed by atoms with E-state index in [4.69, 9.17) is 5.73 Å². The number of hydrogen-bond acceptors (Lipinski definition) is 3. The van der Waals surface area contributed by atoms with Crippen LogP contribution in [0.25, 0.3) is 10.9 Å². The Morgan fingerprint density at radius 1 is 1.22 bits per heavy atom. The van der Waals surface area contributed by atoms with Crippen LogP contribution in [0.2, 0.25) is 0 Å². The van der Waals surface area contributed by atoms with E-state index in [1.807, 2.05) is 24.3 Å². The van der Waals surface area contributed by atoms with Gasteiger partial charge >= 0.3 is 6.03 Å². The van der Waals surface area contributed by atoms with Crippen LogP contribution in [0.4, 0.5) is 10.5 Å². The van der Waals surface area contributed by atoms with Crippen molar-refractivity contribution < 1.29 is 9.59 Å². The molecule has 0 radical (unpaired) electrons. The van der Waals surface area contributed by atoms with Crippen LogP contribution in [-0.4, -0.2) is 23.5 Å². The summed E-state index contributed by atoms with van der Waals surface area (Å²) < 4.78 is 0. The molecule has 18 heavy (non-hydrogen) atoms. The van der Waals surface area contributed by atoms with Gasteiger partial charge in [-0.15, -0.1) is 0 Å². The normalized spacial score (nSPS) is 10.0. The zero-order valence-electron chi connectivity index (χ0n) is 9.51. The maximum absolute atomic E-state index is 11.6. The summed E-state index contributed by atoms with van der Waals surface area (Å²) in [5.41, 5.74) is 6.18. The molecule has 0 saturated heterocycles. The lowest BCUT2D eigenvalue weighted by Gasteiger charge is -2.07. The highest BCUT2D eigenvalue weighted by molar-refractivity contribution is 6.01. The number of aromatic nitrogens is 1. The first-order valence-electron chi connectivity index (χ1n) is 5.34. The van der Waals surface area contributed by atoms with Crippen molar-refractivity contribution >= 4 is 28.5 Å². The van der Waals surface area contributed by atoms with Crippen molar-refractivity contribution in [1.82, 2.24) is 10.3 Å². The number of nitrogens with one attached hydrogen (secondary N) is 2. The van der Waals surface area contributed by atoms with E-state index >= 15 is 0 Å². The molecule has 0 saturated carbocycles. The van der Waals surface area contributed by atoms with Crippen LogP contribution in [0.5, 0.6) is 0 Å². The molecule has 2 aromatic rings. The van der Waals surface area contributed by atoms with Crippen LogP contribution in [-0.2, 0) is 4.79 Å². The number of pyridine rings is 1. The highest BCUT2D eigenvalue weighted by atomic mass is 16.2. The lowest BCUT2D eigenvalue weighted by molar-refractivity contribution is -0.115. The summed E-state index contributed by atoms with van der Waals surface area (Å²) >= 11 is 0. The number of benzene rings is 1. The van der Waals surface area contributed by atoms with Crippen LogP contribution in [0.1, 0.15) is 0 Å². The van der Waals surface area contributed by atoms with Crippen LogP contribution in [0.3, 0.4) is 0 Å². The summed E-state index contributed by atoms with van der Waals surface area (Å²) in [4.78, 5) is 26.2. The smallest absolute Gasteiger partial charge is 0.312 e. The largest absolute Gasteiger partial charge is 0.352 e. The summed E-state index contributed by atoms with van der Waals surface area (Å²) in [7, 11) is 0. The van der Waals surface area contributed by atoms with E-state index in [0.717, 1.165) is 5.39 Å². The van der Waals surface area contributed by atoms with Crippen molar-refractivity contribution in [3.63, 3.8) is 0 Å². The molecule has 0 aliphatic rings. The second kappa shape index (κ2) is 5.13. The molecule has 2 rings (SSSR count). The zero-order valence-corrected chi connectivity index (χ0v) is 9.51. The summed E-state index contributed by atoms with van der Waals surface area (Å²) in [6, 6.07) is 8.46. The van der Waals surface area contributed by atoms with E-state index in [1.165, 1.54) is 0 Å². The first kappa shape index (κ1) is 11.8. The number of primary amides is 1. The molecule has 92 valence electrons. The molecule has 1 heterocycles. The Balaban J connectivity index is 2.16. The monoisotopic (exact) mass is 244 g/mol. The van der Waals surface area contributed by atoms with Gasteiger partial charge in [-0.3, -0.25) is 9.78 Å². The molecule has 4 N–H and O–H groups in total. The number of hydrogen-bond donors (Lipinski definition) is 3.